The molecule has 1 heterocycles. The predicted octanol–water partition coefficient (Wildman–Crippen LogP) is 6.40. The van der Waals surface area contributed by atoms with Gasteiger partial charge in [0.15, 0.2) is 5.95 Å². The number of carbonyl (C=O) groups excluding carboxylic acids is 1. The van der Waals surface area contributed by atoms with Crippen LogP contribution >= 0.6 is 46.4 Å². The first-order chi connectivity index (χ1) is 15.2. The van der Waals surface area contributed by atoms with Crippen molar-refractivity contribution >= 4 is 80.9 Å². The number of aromatic amines is 1. The molecule has 4 rings (SSSR count). The van der Waals surface area contributed by atoms with E-state index in [9.17, 15) is 14.7 Å². The number of carboxylic acid groups (broad SMARTS) is 1. The van der Waals surface area contributed by atoms with Gasteiger partial charge in [-0.15, -0.1) is 0 Å². The highest BCUT2D eigenvalue weighted by molar-refractivity contribution is 6.54. The van der Waals surface area contributed by atoms with Crippen molar-refractivity contribution in [2.24, 2.45) is 0 Å². The van der Waals surface area contributed by atoms with E-state index in [1.54, 1.807) is 30.3 Å². The first-order valence-electron chi connectivity index (χ1n) is 8.86. The summed E-state index contributed by atoms with van der Waals surface area (Å²) in [6.45, 7) is 0. The summed E-state index contributed by atoms with van der Waals surface area (Å²) in [5.74, 6) is -1.72. The van der Waals surface area contributed by atoms with E-state index < -0.39 is 17.4 Å². The number of nitrogens with one attached hydrogen (secondary N) is 2. The lowest BCUT2D eigenvalue weighted by Gasteiger charge is -2.13. The largest absolute Gasteiger partial charge is 0.478 e. The topological polar surface area (TPSA) is 121 Å². The third-order valence-corrected chi connectivity index (χ3v) is 5.95. The second-order valence-electron chi connectivity index (χ2n) is 6.27. The smallest absolute Gasteiger partial charge is 0.338 e. The van der Waals surface area contributed by atoms with Crippen LogP contribution in [0.1, 0.15) is 20.7 Å². The average molecular weight is 512 g/mol. The Morgan fingerprint density at radius 2 is 1.41 bits per heavy atom. The van der Waals surface area contributed by atoms with Crippen LogP contribution in [-0.4, -0.2) is 27.0 Å². The Bertz CT molecular complexity index is 1280. The zero-order chi connectivity index (χ0) is 23.4. The van der Waals surface area contributed by atoms with E-state index in [4.69, 9.17) is 52.1 Å². The highest BCUT2D eigenvalue weighted by atomic mass is 35.5. The molecule has 0 aliphatic heterocycles. The zero-order valence-corrected chi connectivity index (χ0v) is 19.0. The van der Waals surface area contributed by atoms with E-state index in [2.05, 4.69) is 15.3 Å². The number of nitrogen functional groups attached to an aromatic ring is 1. The number of carbonyl (C=O) groups is 2. The van der Waals surface area contributed by atoms with E-state index in [0.717, 1.165) is 11.0 Å². The van der Waals surface area contributed by atoms with Gasteiger partial charge in [0.1, 0.15) is 0 Å². The van der Waals surface area contributed by atoms with Crippen LogP contribution in [0.25, 0.3) is 11.0 Å². The number of anilines is 2. The van der Waals surface area contributed by atoms with Crippen LogP contribution in [-0.2, 0) is 0 Å². The fourth-order valence-electron chi connectivity index (χ4n) is 2.73. The van der Waals surface area contributed by atoms with Gasteiger partial charge in [-0.25, -0.2) is 9.78 Å². The number of hydrogen-bond donors (Lipinski definition) is 4. The molecule has 0 unspecified atom stereocenters. The Labute approximate surface area is 202 Å². The molecule has 32 heavy (non-hydrogen) atoms. The van der Waals surface area contributed by atoms with Crippen LogP contribution in [0.2, 0.25) is 20.1 Å². The minimum absolute atomic E-state index is 0.184. The first kappa shape index (κ1) is 23.7. The minimum Gasteiger partial charge on any atom is -0.478 e. The number of amides is 1. The molecule has 1 aromatic heterocycles. The molecule has 0 saturated carbocycles. The van der Waals surface area contributed by atoms with Crippen LogP contribution in [0.3, 0.4) is 0 Å². The highest BCUT2D eigenvalue weighted by Gasteiger charge is 2.28. The van der Waals surface area contributed by atoms with Gasteiger partial charge >= 0.3 is 5.97 Å². The molecule has 7 nitrogen and oxygen atoms in total. The fourth-order valence-corrected chi connectivity index (χ4v) is 3.75. The number of nitrogens with zero attached hydrogens (tertiary/aromatic N) is 1. The van der Waals surface area contributed by atoms with Crippen molar-refractivity contribution in [1.82, 2.24) is 9.97 Å². The Morgan fingerprint density at radius 3 is 2.00 bits per heavy atom. The lowest BCUT2D eigenvalue weighted by atomic mass is 10.1. The number of benzene rings is 3. The van der Waals surface area contributed by atoms with E-state index in [0.29, 0.717) is 11.6 Å². The standard InChI is InChI=1S/C14H7Cl4NO3.C7H7N3/c15-9-7(13(20)19-6-4-2-1-3-5-6)8(14(21)22)10(16)12(18)11(9)17;8-7-9-5-3-1-2-4-6(5)10-7/h1-5H,(H,19,20)(H,21,22);1-4H,(H3,8,9,10). The van der Waals surface area contributed by atoms with Gasteiger partial charge in [0, 0.05) is 5.69 Å². The number of nitrogens with two attached hydrogens (primary N) is 1. The van der Waals surface area contributed by atoms with Gasteiger partial charge in [-0.1, -0.05) is 76.7 Å². The number of halogens is 4. The van der Waals surface area contributed by atoms with E-state index in [1.165, 1.54) is 0 Å². The second kappa shape index (κ2) is 10.1. The maximum atomic E-state index is 12.4. The summed E-state index contributed by atoms with van der Waals surface area (Å²) in [6, 6.07) is 16.2. The molecule has 0 fully saturated rings. The number of hydrogen-bond acceptors (Lipinski definition) is 4. The fraction of sp³-hybridized carbons (Fsp3) is 0. The lowest BCUT2D eigenvalue weighted by molar-refractivity contribution is 0.0692. The number of aromatic nitrogens is 2. The highest BCUT2D eigenvalue weighted by Crippen LogP contribution is 2.41. The minimum atomic E-state index is -1.44. The molecule has 3 aromatic carbocycles. The quantitative estimate of drug-likeness (QED) is 0.187. The van der Waals surface area contributed by atoms with Gasteiger partial charge in [0.2, 0.25) is 0 Å². The summed E-state index contributed by atoms with van der Waals surface area (Å²) in [7, 11) is 0. The third-order valence-electron chi connectivity index (χ3n) is 4.15. The van der Waals surface area contributed by atoms with E-state index in [1.807, 2.05) is 24.3 Å². The average Bonchev–Trinajstić information content (AvgIpc) is 3.15. The Hall–Kier alpha value is -2.97. The number of rotatable bonds is 3. The van der Waals surface area contributed by atoms with Gasteiger partial charge in [0.25, 0.3) is 5.91 Å². The molecule has 11 heteroatoms. The molecule has 0 spiro atoms. The van der Waals surface area contributed by atoms with Crippen LogP contribution < -0.4 is 11.1 Å². The molecule has 1 amide bonds. The summed E-state index contributed by atoms with van der Waals surface area (Å²) >= 11 is 23.6. The molecule has 164 valence electrons. The molecular formula is C21H14Cl4N4O3. The third kappa shape index (κ3) is 5.08. The van der Waals surface area contributed by atoms with Crippen molar-refractivity contribution in [1.29, 1.82) is 0 Å². The normalized spacial score (nSPS) is 10.4. The molecule has 0 atom stereocenters. The van der Waals surface area contributed by atoms with E-state index >= 15 is 0 Å². The van der Waals surface area contributed by atoms with Crippen LogP contribution in [0.5, 0.6) is 0 Å². The summed E-state index contributed by atoms with van der Waals surface area (Å²) in [4.78, 5) is 30.7. The summed E-state index contributed by atoms with van der Waals surface area (Å²) in [5, 5.41) is 10.8. The molecule has 0 aliphatic rings. The van der Waals surface area contributed by atoms with Gasteiger partial charge in [-0.3, -0.25) is 4.79 Å². The van der Waals surface area contributed by atoms with Gasteiger partial charge in [0.05, 0.1) is 42.3 Å². The van der Waals surface area contributed by atoms with Crippen LogP contribution in [0.15, 0.2) is 54.6 Å². The number of H-pyrrole nitrogens is 1. The van der Waals surface area contributed by atoms with Crippen LogP contribution in [0, 0.1) is 0 Å². The molecule has 5 N–H and O–H groups in total. The number of para-hydroxylation sites is 3. The summed E-state index contributed by atoms with van der Waals surface area (Å²) in [5.41, 5.74) is 6.93. The Kier molecular flexibility index (Phi) is 7.48. The Morgan fingerprint density at radius 1 is 0.844 bits per heavy atom. The van der Waals surface area contributed by atoms with Gasteiger partial charge in [-0.05, 0) is 24.3 Å². The van der Waals surface area contributed by atoms with Crippen molar-refractivity contribution in [3.05, 3.63) is 85.8 Å². The number of carboxylic acids is 1. The monoisotopic (exact) mass is 510 g/mol. The first-order valence-corrected chi connectivity index (χ1v) is 10.4. The number of imidazole rings is 1. The van der Waals surface area contributed by atoms with Gasteiger partial charge < -0.3 is 21.1 Å². The predicted molar refractivity (Wildman–Crippen MR) is 128 cm³/mol. The molecule has 4 aromatic rings. The maximum absolute atomic E-state index is 12.4. The molecule has 0 radical (unpaired) electrons. The number of aromatic carboxylic acids is 1. The Balaban J connectivity index is 0.000000238. The number of fused-ring (bicyclic) bond motifs is 1. The van der Waals surface area contributed by atoms with Crippen LogP contribution in [0.4, 0.5) is 11.6 Å². The molecule has 0 bridgehead atoms. The summed E-state index contributed by atoms with van der Waals surface area (Å²) in [6.07, 6.45) is 0. The van der Waals surface area contributed by atoms with Gasteiger partial charge in [-0.2, -0.15) is 0 Å². The molecule has 0 saturated heterocycles. The second-order valence-corrected chi connectivity index (χ2v) is 7.78. The zero-order valence-electron chi connectivity index (χ0n) is 16.0. The summed E-state index contributed by atoms with van der Waals surface area (Å²) < 4.78 is 0. The lowest BCUT2D eigenvalue weighted by Crippen LogP contribution is -2.18. The SMILES string of the molecule is Nc1nc2ccccc2[nH]1.O=C(O)c1c(Cl)c(Cl)c(Cl)c(Cl)c1C(=O)Nc1ccccc1. The van der Waals surface area contributed by atoms with Crippen molar-refractivity contribution in [3.63, 3.8) is 0 Å². The maximum Gasteiger partial charge on any atom is 0.338 e. The molecular weight excluding hydrogens is 498 g/mol. The van der Waals surface area contributed by atoms with Crippen molar-refractivity contribution in [2.75, 3.05) is 11.1 Å². The van der Waals surface area contributed by atoms with Crippen molar-refractivity contribution in [2.45, 2.75) is 0 Å². The van der Waals surface area contributed by atoms with Crippen molar-refractivity contribution in [3.8, 4) is 0 Å². The van der Waals surface area contributed by atoms with Crippen molar-refractivity contribution < 1.29 is 14.7 Å². The van der Waals surface area contributed by atoms with E-state index in [-0.39, 0.29) is 25.7 Å². The molecule has 0 aliphatic carbocycles.